The standard InChI is InChI=1S/C13H18ClNO4S/c1-15(7-9-3-4-9)20(17,18)12-6-11(14)5-10(8-16)13(12)19-2/h5-6,9,16H,3-4,7-8H2,1-2H3. The molecule has 0 amide bonds. The van der Waals surface area contributed by atoms with Crippen molar-refractivity contribution in [3.05, 3.63) is 22.7 Å². The first-order valence-corrected chi connectivity index (χ1v) is 8.15. The zero-order chi connectivity index (χ0) is 14.9. The van der Waals surface area contributed by atoms with Crippen molar-refractivity contribution in [2.75, 3.05) is 20.7 Å². The zero-order valence-electron chi connectivity index (χ0n) is 11.5. The maximum absolute atomic E-state index is 12.6. The molecule has 1 aliphatic rings. The summed E-state index contributed by atoms with van der Waals surface area (Å²) in [7, 11) is -0.754. The Bertz CT molecular complexity index is 599. The molecule has 0 radical (unpaired) electrons. The van der Waals surface area contributed by atoms with E-state index in [1.54, 1.807) is 7.05 Å². The molecule has 1 saturated carbocycles. The molecule has 1 aromatic rings. The van der Waals surface area contributed by atoms with Crippen molar-refractivity contribution in [3.8, 4) is 5.75 Å². The number of hydrogen-bond donors (Lipinski definition) is 1. The van der Waals surface area contributed by atoms with Crippen LogP contribution in [0.1, 0.15) is 18.4 Å². The average molecular weight is 320 g/mol. The predicted octanol–water partition coefficient (Wildman–Crippen LogP) is 1.87. The van der Waals surface area contributed by atoms with Crippen molar-refractivity contribution >= 4 is 21.6 Å². The smallest absolute Gasteiger partial charge is 0.246 e. The number of aliphatic hydroxyl groups excluding tert-OH is 1. The average Bonchev–Trinajstić information content (AvgIpc) is 3.21. The SMILES string of the molecule is COc1c(CO)cc(Cl)cc1S(=O)(=O)N(C)CC1CC1. The van der Waals surface area contributed by atoms with Crippen molar-refractivity contribution < 1.29 is 18.3 Å². The van der Waals surface area contributed by atoms with Gasteiger partial charge in [0.15, 0.2) is 0 Å². The van der Waals surface area contributed by atoms with Crippen LogP contribution < -0.4 is 4.74 Å². The van der Waals surface area contributed by atoms with Gasteiger partial charge in [0.1, 0.15) is 10.6 Å². The van der Waals surface area contributed by atoms with Crippen LogP contribution in [0.25, 0.3) is 0 Å². The molecule has 0 bridgehead atoms. The highest BCUT2D eigenvalue weighted by molar-refractivity contribution is 7.89. The van der Waals surface area contributed by atoms with E-state index in [0.29, 0.717) is 18.0 Å². The molecule has 112 valence electrons. The molecule has 1 aromatic carbocycles. The lowest BCUT2D eigenvalue weighted by atomic mass is 10.2. The number of methoxy groups -OCH3 is 1. The third kappa shape index (κ3) is 3.09. The van der Waals surface area contributed by atoms with Gasteiger partial charge in [-0.25, -0.2) is 12.7 Å². The Balaban J connectivity index is 2.46. The van der Waals surface area contributed by atoms with Gasteiger partial charge in [0.05, 0.1) is 13.7 Å². The van der Waals surface area contributed by atoms with E-state index in [1.165, 1.54) is 23.5 Å². The summed E-state index contributed by atoms with van der Waals surface area (Å²) in [6.07, 6.45) is 2.13. The third-order valence-electron chi connectivity index (χ3n) is 3.37. The van der Waals surface area contributed by atoms with Crippen LogP contribution in [0.2, 0.25) is 5.02 Å². The molecular weight excluding hydrogens is 302 g/mol. The van der Waals surface area contributed by atoms with Gasteiger partial charge in [-0.15, -0.1) is 0 Å². The number of ether oxygens (including phenoxy) is 1. The lowest BCUT2D eigenvalue weighted by Crippen LogP contribution is -2.29. The summed E-state index contributed by atoms with van der Waals surface area (Å²) < 4.78 is 31.7. The first-order chi connectivity index (χ1) is 9.40. The fourth-order valence-electron chi connectivity index (χ4n) is 2.09. The van der Waals surface area contributed by atoms with Crippen LogP contribution in [0.4, 0.5) is 0 Å². The van der Waals surface area contributed by atoms with E-state index >= 15 is 0 Å². The largest absolute Gasteiger partial charge is 0.495 e. The maximum atomic E-state index is 12.6. The minimum Gasteiger partial charge on any atom is -0.495 e. The fraction of sp³-hybridized carbons (Fsp3) is 0.538. The summed E-state index contributed by atoms with van der Waals surface area (Å²) in [6.45, 7) is 0.158. The van der Waals surface area contributed by atoms with Gasteiger partial charge in [0.2, 0.25) is 10.0 Å². The molecule has 0 spiro atoms. The summed E-state index contributed by atoms with van der Waals surface area (Å²) in [5.74, 6) is 0.594. The second-order valence-electron chi connectivity index (χ2n) is 4.98. The topological polar surface area (TPSA) is 66.8 Å². The van der Waals surface area contributed by atoms with Crippen molar-refractivity contribution in [1.29, 1.82) is 0 Å². The van der Waals surface area contributed by atoms with Crippen molar-refractivity contribution in [3.63, 3.8) is 0 Å². The van der Waals surface area contributed by atoms with E-state index in [4.69, 9.17) is 16.3 Å². The number of benzene rings is 1. The van der Waals surface area contributed by atoms with Gasteiger partial charge >= 0.3 is 0 Å². The third-order valence-corrected chi connectivity index (χ3v) is 5.42. The second-order valence-corrected chi connectivity index (χ2v) is 7.43. The molecule has 0 saturated heterocycles. The molecule has 0 heterocycles. The van der Waals surface area contributed by atoms with Crippen molar-refractivity contribution in [2.24, 2.45) is 5.92 Å². The lowest BCUT2D eigenvalue weighted by molar-refractivity contribution is 0.272. The summed E-state index contributed by atoms with van der Waals surface area (Å²) in [5.41, 5.74) is 0.360. The Kier molecular flexibility index (Phi) is 4.59. The van der Waals surface area contributed by atoms with Crippen LogP contribution in [0, 0.1) is 5.92 Å². The minimum atomic E-state index is -3.68. The number of sulfonamides is 1. The lowest BCUT2D eigenvalue weighted by Gasteiger charge is -2.20. The summed E-state index contributed by atoms with van der Waals surface area (Å²) in [5, 5.41) is 9.57. The molecule has 1 N–H and O–H groups in total. The number of aliphatic hydroxyl groups is 1. The van der Waals surface area contributed by atoms with Gasteiger partial charge in [-0.05, 0) is 30.9 Å². The van der Waals surface area contributed by atoms with Crippen LogP contribution in [0.5, 0.6) is 5.75 Å². The van der Waals surface area contributed by atoms with Gasteiger partial charge in [-0.1, -0.05) is 11.6 Å². The molecule has 20 heavy (non-hydrogen) atoms. The summed E-state index contributed by atoms with van der Waals surface area (Å²) in [4.78, 5) is -0.000278. The quantitative estimate of drug-likeness (QED) is 0.869. The molecule has 7 heteroatoms. The molecule has 0 aromatic heterocycles. The highest BCUT2D eigenvalue weighted by Crippen LogP contribution is 2.35. The van der Waals surface area contributed by atoms with Crippen LogP contribution >= 0.6 is 11.6 Å². The molecule has 0 aliphatic heterocycles. The number of hydrogen-bond acceptors (Lipinski definition) is 4. The highest BCUT2D eigenvalue weighted by atomic mass is 35.5. The van der Waals surface area contributed by atoms with E-state index in [0.717, 1.165) is 12.8 Å². The van der Waals surface area contributed by atoms with E-state index < -0.39 is 10.0 Å². The molecule has 0 atom stereocenters. The maximum Gasteiger partial charge on any atom is 0.246 e. The first kappa shape index (κ1) is 15.6. The summed E-state index contributed by atoms with van der Waals surface area (Å²) in [6, 6.07) is 2.86. The molecule has 1 fully saturated rings. The van der Waals surface area contributed by atoms with Gasteiger partial charge in [0, 0.05) is 24.2 Å². The Hall–Kier alpha value is -0.820. The van der Waals surface area contributed by atoms with Gasteiger partial charge in [-0.3, -0.25) is 0 Å². The van der Waals surface area contributed by atoms with Crippen molar-refractivity contribution in [2.45, 2.75) is 24.3 Å². The fourth-order valence-corrected chi connectivity index (χ4v) is 3.87. The predicted molar refractivity (Wildman–Crippen MR) is 76.5 cm³/mol. The van der Waals surface area contributed by atoms with Gasteiger partial charge in [-0.2, -0.15) is 0 Å². The molecule has 2 rings (SSSR count). The molecule has 1 aliphatic carbocycles. The van der Waals surface area contributed by atoms with Crippen LogP contribution in [-0.4, -0.2) is 38.5 Å². The van der Waals surface area contributed by atoms with Crippen LogP contribution in [-0.2, 0) is 16.6 Å². The number of nitrogens with zero attached hydrogens (tertiary/aromatic N) is 1. The number of halogens is 1. The highest BCUT2D eigenvalue weighted by Gasteiger charge is 2.31. The summed E-state index contributed by atoms with van der Waals surface area (Å²) >= 11 is 5.94. The Morgan fingerprint density at radius 3 is 2.60 bits per heavy atom. The van der Waals surface area contributed by atoms with Gasteiger partial charge in [0.25, 0.3) is 0 Å². The monoisotopic (exact) mass is 319 g/mol. The van der Waals surface area contributed by atoms with Crippen LogP contribution in [0.15, 0.2) is 17.0 Å². The molecular formula is C13H18ClNO4S. The van der Waals surface area contributed by atoms with E-state index in [9.17, 15) is 13.5 Å². The van der Waals surface area contributed by atoms with Crippen LogP contribution in [0.3, 0.4) is 0 Å². The van der Waals surface area contributed by atoms with E-state index in [2.05, 4.69) is 0 Å². The van der Waals surface area contributed by atoms with Gasteiger partial charge < -0.3 is 9.84 Å². The second kappa shape index (κ2) is 5.89. The Labute approximate surface area is 124 Å². The number of rotatable bonds is 6. The molecule has 0 unspecified atom stereocenters. The van der Waals surface area contributed by atoms with E-state index in [1.807, 2.05) is 0 Å². The molecule has 5 nitrogen and oxygen atoms in total. The van der Waals surface area contributed by atoms with Crippen molar-refractivity contribution in [1.82, 2.24) is 4.31 Å². The zero-order valence-corrected chi connectivity index (χ0v) is 13.0. The Morgan fingerprint density at radius 1 is 1.45 bits per heavy atom. The minimum absolute atomic E-state index is 0.000278. The normalized spacial score (nSPS) is 15.7. The van der Waals surface area contributed by atoms with E-state index in [-0.39, 0.29) is 22.3 Å². The Morgan fingerprint density at radius 2 is 2.10 bits per heavy atom. The first-order valence-electron chi connectivity index (χ1n) is 6.33.